The van der Waals surface area contributed by atoms with Gasteiger partial charge in [0.2, 0.25) is 11.0 Å². The van der Waals surface area contributed by atoms with Gasteiger partial charge in [-0.25, -0.2) is 8.42 Å². The number of benzene rings is 1. The number of rotatable bonds is 6. The monoisotopic (exact) mass is 428 g/mol. The number of nitrogens with one attached hydrogen (secondary N) is 1. The molecule has 1 aliphatic rings. The molecule has 3 rings (SSSR count). The lowest BCUT2D eigenvalue weighted by atomic mass is 9.95. The predicted molar refractivity (Wildman–Crippen MR) is 103 cm³/mol. The Morgan fingerprint density at radius 1 is 1.14 bits per heavy atom. The van der Waals surface area contributed by atoms with Gasteiger partial charge in [-0.05, 0) is 17.7 Å². The van der Waals surface area contributed by atoms with E-state index in [4.69, 9.17) is 15.9 Å². The van der Waals surface area contributed by atoms with E-state index in [-0.39, 0.29) is 30.1 Å². The van der Waals surface area contributed by atoms with E-state index in [0.29, 0.717) is 13.1 Å². The molecular formula is C17H21ClN4O5S. The number of hydrogen-bond donors (Lipinski definition) is 3. The van der Waals surface area contributed by atoms with Crippen molar-refractivity contribution < 1.29 is 22.4 Å². The number of likely N-dealkylation sites (tertiary alicyclic amines) is 1. The van der Waals surface area contributed by atoms with Crippen LogP contribution in [0.2, 0.25) is 0 Å². The Morgan fingerprint density at radius 3 is 2.46 bits per heavy atom. The zero-order valence-corrected chi connectivity index (χ0v) is 16.4. The fourth-order valence-electron chi connectivity index (χ4n) is 3.02. The van der Waals surface area contributed by atoms with Gasteiger partial charge in [0.15, 0.2) is 5.76 Å². The average Bonchev–Trinajstić information content (AvgIpc) is 3.28. The van der Waals surface area contributed by atoms with E-state index in [1.807, 2.05) is 35.1 Å². The molecule has 2 atom stereocenters. The van der Waals surface area contributed by atoms with Crippen LogP contribution in [0.25, 0.3) is 0 Å². The molecule has 2 aromatic rings. The topological polar surface area (TPSA) is 149 Å². The molecule has 0 radical (unpaired) electrons. The quantitative estimate of drug-likeness (QED) is 0.591. The molecule has 11 heteroatoms. The highest BCUT2D eigenvalue weighted by Crippen LogP contribution is 2.28. The minimum atomic E-state index is -4.07. The Labute approximate surface area is 168 Å². The number of carbonyl (C=O) groups is 2. The SMILES string of the molecule is Cl.NC(=O)CNS(=O)(=O)c1ccc(C(=O)N2C[C@@H](N)[C@H](c3ccccc3)C2)o1. The van der Waals surface area contributed by atoms with Crippen molar-refractivity contribution >= 4 is 34.2 Å². The van der Waals surface area contributed by atoms with Crippen molar-refractivity contribution in [3.63, 3.8) is 0 Å². The fourth-order valence-corrected chi connectivity index (χ4v) is 3.94. The van der Waals surface area contributed by atoms with Gasteiger partial charge in [0.1, 0.15) is 0 Å². The molecule has 152 valence electrons. The van der Waals surface area contributed by atoms with E-state index in [1.165, 1.54) is 11.0 Å². The van der Waals surface area contributed by atoms with Gasteiger partial charge in [0.25, 0.3) is 15.9 Å². The number of amides is 2. The highest BCUT2D eigenvalue weighted by molar-refractivity contribution is 7.89. The summed E-state index contributed by atoms with van der Waals surface area (Å²) in [5.41, 5.74) is 12.1. The minimum absolute atomic E-state index is 0. The maximum Gasteiger partial charge on any atom is 0.289 e. The van der Waals surface area contributed by atoms with Gasteiger partial charge < -0.3 is 20.8 Å². The van der Waals surface area contributed by atoms with Crippen LogP contribution < -0.4 is 16.2 Å². The summed E-state index contributed by atoms with van der Waals surface area (Å²) in [4.78, 5) is 24.9. The van der Waals surface area contributed by atoms with Crippen molar-refractivity contribution in [3.8, 4) is 0 Å². The largest absolute Gasteiger partial charge is 0.438 e. The number of nitrogens with two attached hydrogens (primary N) is 2. The molecule has 0 bridgehead atoms. The molecule has 5 N–H and O–H groups in total. The van der Waals surface area contributed by atoms with Gasteiger partial charge in [-0.2, -0.15) is 4.72 Å². The summed E-state index contributed by atoms with van der Waals surface area (Å²) in [6, 6.07) is 11.9. The maximum absolute atomic E-state index is 12.7. The standard InChI is InChI=1S/C17H20N4O5S.ClH/c18-13-10-21(9-12(13)11-4-2-1-3-5-11)17(23)14-6-7-16(26-14)27(24,25)20-8-15(19)22;/h1-7,12-13,20H,8-10,18H2,(H2,19,22);1H/t12-,13+;/m0./s1. The first-order chi connectivity index (χ1) is 12.8. The van der Waals surface area contributed by atoms with E-state index in [9.17, 15) is 18.0 Å². The van der Waals surface area contributed by atoms with Gasteiger partial charge >= 0.3 is 0 Å². The molecular weight excluding hydrogens is 408 g/mol. The first-order valence-electron chi connectivity index (χ1n) is 8.25. The van der Waals surface area contributed by atoms with E-state index in [0.717, 1.165) is 11.6 Å². The Bertz CT molecular complexity index is 947. The first-order valence-corrected chi connectivity index (χ1v) is 9.74. The lowest BCUT2D eigenvalue weighted by molar-refractivity contribution is -0.116. The molecule has 28 heavy (non-hydrogen) atoms. The molecule has 1 aromatic heterocycles. The Balaban J connectivity index is 0.00000280. The second-order valence-electron chi connectivity index (χ2n) is 6.30. The van der Waals surface area contributed by atoms with Crippen LogP contribution in [0.1, 0.15) is 22.0 Å². The molecule has 0 saturated carbocycles. The van der Waals surface area contributed by atoms with Crippen molar-refractivity contribution in [2.24, 2.45) is 11.5 Å². The highest BCUT2D eigenvalue weighted by atomic mass is 35.5. The van der Waals surface area contributed by atoms with Crippen LogP contribution in [-0.2, 0) is 14.8 Å². The van der Waals surface area contributed by atoms with Crippen molar-refractivity contribution in [1.82, 2.24) is 9.62 Å². The summed E-state index contributed by atoms with van der Waals surface area (Å²) in [6.07, 6.45) is 0. The second kappa shape index (κ2) is 8.74. The molecule has 9 nitrogen and oxygen atoms in total. The van der Waals surface area contributed by atoms with Gasteiger partial charge in [-0.15, -0.1) is 12.4 Å². The third kappa shape index (κ3) is 4.71. The van der Waals surface area contributed by atoms with Crippen LogP contribution in [0.3, 0.4) is 0 Å². The number of halogens is 1. The Hall–Kier alpha value is -2.40. The van der Waals surface area contributed by atoms with Gasteiger partial charge in [-0.3, -0.25) is 9.59 Å². The number of primary amides is 1. The number of sulfonamides is 1. The van der Waals surface area contributed by atoms with Crippen LogP contribution in [-0.4, -0.2) is 50.8 Å². The molecule has 0 spiro atoms. The molecule has 1 saturated heterocycles. The molecule has 1 aliphatic heterocycles. The van der Waals surface area contributed by atoms with E-state index >= 15 is 0 Å². The van der Waals surface area contributed by atoms with Gasteiger partial charge in [-0.1, -0.05) is 30.3 Å². The minimum Gasteiger partial charge on any atom is -0.438 e. The fraction of sp³-hybridized carbons (Fsp3) is 0.294. The van der Waals surface area contributed by atoms with E-state index < -0.39 is 33.5 Å². The summed E-state index contributed by atoms with van der Waals surface area (Å²) < 4.78 is 31.2. The van der Waals surface area contributed by atoms with Crippen molar-refractivity contribution in [2.75, 3.05) is 19.6 Å². The van der Waals surface area contributed by atoms with Crippen LogP contribution in [0.5, 0.6) is 0 Å². The Morgan fingerprint density at radius 2 is 1.82 bits per heavy atom. The number of furan rings is 1. The molecule has 2 heterocycles. The van der Waals surface area contributed by atoms with E-state index in [2.05, 4.69) is 0 Å². The van der Waals surface area contributed by atoms with E-state index in [1.54, 1.807) is 0 Å². The van der Waals surface area contributed by atoms with Crippen LogP contribution in [0, 0.1) is 0 Å². The van der Waals surface area contributed by atoms with Crippen molar-refractivity contribution in [2.45, 2.75) is 17.1 Å². The summed E-state index contributed by atoms with van der Waals surface area (Å²) in [6.45, 7) is 0.180. The number of carbonyl (C=O) groups excluding carboxylic acids is 2. The third-order valence-corrected chi connectivity index (χ3v) is 5.65. The van der Waals surface area contributed by atoms with Crippen LogP contribution >= 0.6 is 12.4 Å². The normalized spacial score (nSPS) is 19.2. The van der Waals surface area contributed by atoms with Crippen molar-refractivity contribution in [1.29, 1.82) is 0 Å². The number of nitrogens with zero attached hydrogens (tertiary/aromatic N) is 1. The van der Waals surface area contributed by atoms with Crippen LogP contribution in [0.15, 0.2) is 52.0 Å². The number of hydrogen-bond acceptors (Lipinski definition) is 6. The van der Waals surface area contributed by atoms with Crippen molar-refractivity contribution in [3.05, 3.63) is 53.8 Å². The van der Waals surface area contributed by atoms with Gasteiger partial charge in [0, 0.05) is 25.0 Å². The van der Waals surface area contributed by atoms with Crippen LogP contribution in [0.4, 0.5) is 0 Å². The summed E-state index contributed by atoms with van der Waals surface area (Å²) >= 11 is 0. The van der Waals surface area contributed by atoms with Gasteiger partial charge in [0.05, 0.1) is 6.54 Å². The lowest BCUT2D eigenvalue weighted by Crippen LogP contribution is -2.33. The Kier molecular flexibility index (Phi) is 6.83. The molecule has 1 aromatic carbocycles. The summed E-state index contributed by atoms with van der Waals surface area (Å²) in [5.74, 6) is -1.40. The predicted octanol–water partition coefficient (Wildman–Crippen LogP) is 0.0319. The lowest BCUT2D eigenvalue weighted by Gasteiger charge is -2.15. The summed E-state index contributed by atoms with van der Waals surface area (Å²) in [7, 11) is -4.07. The second-order valence-corrected chi connectivity index (χ2v) is 8.00. The summed E-state index contributed by atoms with van der Waals surface area (Å²) in [5, 5.41) is -0.463. The molecule has 0 aliphatic carbocycles. The third-order valence-electron chi connectivity index (χ3n) is 4.37. The molecule has 1 fully saturated rings. The maximum atomic E-state index is 12.7. The average molecular weight is 429 g/mol. The zero-order chi connectivity index (χ0) is 19.6. The highest BCUT2D eigenvalue weighted by Gasteiger charge is 2.35. The first kappa shape index (κ1) is 21.9. The smallest absolute Gasteiger partial charge is 0.289 e. The molecule has 2 amide bonds. The molecule has 0 unspecified atom stereocenters. The zero-order valence-electron chi connectivity index (χ0n) is 14.8.